The topological polar surface area (TPSA) is 89.2 Å². The summed E-state index contributed by atoms with van der Waals surface area (Å²) in [4.78, 5) is 7.73. The molecule has 0 unspecified atom stereocenters. The van der Waals surface area contributed by atoms with E-state index in [1.165, 1.54) is 6.07 Å². The lowest BCUT2D eigenvalue weighted by Crippen LogP contribution is -2.15. The zero-order valence-corrected chi connectivity index (χ0v) is 15.4. The summed E-state index contributed by atoms with van der Waals surface area (Å²) in [5.74, 6) is -0.00476. The third kappa shape index (κ3) is 3.27. The van der Waals surface area contributed by atoms with Gasteiger partial charge in [0.1, 0.15) is 10.3 Å². The van der Waals surface area contributed by atoms with Crippen LogP contribution in [0.1, 0.15) is 5.56 Å². The summed E-state index contributed by atoms with van der Waals surface area (Å²) in [6, 6.07) is 6.38. The largest absolute Gasteiger partial charge is 0.299 e. The molecule has 0 fully saturated rings. The van der Waals surface area contributed by atoms with Crippen molar-refractivity contribution in [1.29, 1.82) is 0 Å². The molecule has 0 saturated heterocycles. The minimum absolute atomic E-state index is 0.00476. The van der Waals surface area contributed by atoms with Crippen molar-refractivity contribution in [2.75, 3.05) is 4.72 Å². The first kappa shape index (κ1) is 16.4. The van der Waals surface area contributed by atoms with Crippen LogP contribution in [0.15, 0.2) is 33.9 Å². The predicted molar refractivity (Wildman–Crippen MR) is 90.5 cm³/mol. The summed E-state index contributed by atoms with van der Waals surface area (Å²) in [5.41, 5.74) is 1.27. The van der Waals surface area contributed by atoms with Crippen molar-refractivity contribution in [1.82, 2.24) is 19.6 Å². The van der Waals surface area contributed by atoms with E-state index in [2.05, 4.69) is 35.7 Å². The highest BCUT2D eigenvalue weighted by atomic mass is 79.9. The van der Waals surface area contributed by atoms with E-state index in [1.807, 2.05) is 6.92 Å². The van der Waals surface area contributed by atoms with Crippen LogP contribution in [0.25, 0.3) is 5.78 Å². The van der Waals surface area contributed by atoms with E-state index in [-0.39, 0.29) is 16.1 Å². The Balaban J connectivity index is 2.02. The fraction of sp³-hybridized carbons (Fsp3) is 0.0833. The van der Waals surface area contributed by atoms with Crippen LogP contribution in [-0.4, -0.2) is 28.0 Å². The number of aromatic nitrogens is 4. The van der Waals surface area contributed by atoms with Gasteiger partial charge in [-0.15, -0.1) is 5.10 Å². The Hall–Kier alpha value is -1.42. The number of benzene rings is 1. The lowest BCUT2D eigenvalue weighted by atomic mass is 10.2. The molecule has 120 valence electrons. The van der Waals surface area contributed by atoms with E-state index in [0.29, 0.717) is 5.69 Å². The normalized spacial score (nSPS) is 11.8. The van der Waals surface area contributed by atoms with Crippen LogP contribution in [0.5, 0.6) is 0 Å². The number of halogens is 3. The summed E-state index contributed by atoms with van der Waals surface area (Å²) >= 11 is 15.1. The molecule has 0 amide bonds. The molecule has 23 heavy (non-hydrogen) atoms. The molecule has 2 heterocycles. The Morgan fingerprint density at radius 1 is 1.22 bits per heavy atom. The van der Waals surface area contributed by atoms with E-state index >= 15 is 0 Å². The van der Waals surface area contributed by atoms with Gasteiger partial charge in [0.05, 0.1) is 0 Å². The minimum Gasteiger partial charge on any atom is -0.277 e. The van der Waals surface area contributed by atoms with Gasteiger partial charge in [-0.25, -0.2) is 0 Å². The molecule has 3 rings (SSSR count). The number of hydrogen-bond acceptors (Lipinski definition) is 5. The van der Waals surface area contributed by atoms with Crippen LogP contribution in [0.4, 0.5) is 5.69 Å². The molecule has 0 aliphatic heterocycles. The van der Waals surface area contributed by atoms with E-state index in [4.69, 9.17) is 23.2 Å². The number of aryl methyl sites for hydroxylation is 1. The molecule has 2 aromatic heterocycles. The SMILES string of the molecule is Cc1cc(NS(=O)(=O)c2nc3nc(Cl)cc(Cl)n3n2)ccc1Br. The van der Waals surface area contributed by atoms with Crippen molar-refractivity contribution >= 4 is 60.6 Å². The molecule has 0 atom stereocenters. The molecule has 11 heteroatoms. The van der Waals surface area contributed by atoms with Gasteiger partial charge in [-0.3, -0.25) is 4.72 Å². The summed E-state index contributed by atoms with van der Waals surface area (Å²) in [6.45, 7) is 1.84. The fourth-order valence-electron chi connectivity index (χ4n) is 1.81. The lowest BCUT2D eigenvalue weighted by Gasteiger charge is -2.06. The maximum Gasteiger partial charge on any atom is 0.299 e. The Morgan fingerprint density at radius 2 is 1.96 bits per heavy atom. The number of nitrogens with one attached hydrogen (secondary N) is 1. The Kier molecular flexibility index (Phi) is 4.21. The van der Waals surface area contributed by atoms with Crippen molar-refractivity contribution in [2.45, 2.75) is 12.1 Å². The molecular formula is C12H8BrCl2N5O2S. The summed E-state index contributed by atoms with van der Waals surface area (Å²) < 4.78 is 29.2. The van der Waals surface area contributed by atoms with Gasteiger partial charge in [-0.2, -0.15) is 22.9 Å². The number of fused-ring (bicyclic) bond motifs is 1. The van der Waals surface area contributed by atoms with E-state index < -0.39 is 15.2 Å². The summed E-state index contributed by atoms with van der Waals surface area (Å²) in [6.07, 6.45) is 0. The molecule has 0 radical (unpaired) electrons. The number of nitrogens with zero attached hydrogens (tertiary/aromatic N) is 4. The van der Waals surface area contributed by atoms with Gasteiger partial charge < -0.3 is 0 Å². The van der Waals surface area contributed by atoms with Crippen molar-refractivity contribution < 1.29 is 8.42 Å². The fourth-order valence-corrected chi connectivity index (χ4v) is 3.43. The number of rotatable bonds is 3. The van der Waals surface area contributed by atoms with E-state index in [0.717, 1.165) is 14.6 Å². The Labute approximate surface area is 149 Å². The molecule has 0 saturated carbocycles. The average Bonchev–Trinajstić information content (AvgIpc) is 2.87. The third-order valence-corrected chi connectivity index (χ3v) is 5.38. The van der Waals surface area contributed by atoms with Gasteiger partial charge >= 0.3 is 0 Å². The van der Waals surface area contributed by atoms with Crippen molar-refractivity contribution in [3.8, 4) is 0 Å². The molecule has 0 aliphatic carbocycles. The number of sulfonamides is 1. The van der Waals surface area contributed by atoms with E-state index in [9.17, 15) is 8.42 Å². The van der Waals surface area contributed by atoms with Gasteiger partial charge in [0.25, 0.3) is 21.0 Å². The van der Waals surface area contributed by atoms with Crippen LogP contribution in [-0.2, 0) is 10.0 Å². The molecule has 1 N–H and O–H groups in total. The zero-order chi connectivity index (χ0) is 16.8. The highest BCUT2D eigenvalue weighted by molar-refractivity contribution is 9.10. The van der Waals surface area contributed by atoms with Crippen LogP contribution in [0.3, 0.4) is 0 Å². The monoisotopic (exact) mass is 435 g/mol. The molecule has 0 bridgehead atoms. The van der Waals surface area contributed by atoms with E-state index in [1.54, 1.807) is 18.2 Å². The standard InChI is InChI=1S/C12H8BrCl2N5O2S/c1-6-4-7(2-3-8(6)13)19-23(21,22)12-17-11-16-9(14)5-10(15)20(11)18-12/h2-5,19H,1H3. The number of hydrogen-bond donors (Lipinski definition) is 1. The van der Waals surface area contributed by atoms with Crippen LogP contribution in [0, 0.1) is 6.92 Å². The second kappa shape index (κ2) is 5.90. The number of anilines is 1. The highest BCUT2D eigenvalue weighted by Gasteiger charge is 2.22. The van der Waals surface area contributed by atoms with Gasteiger partial charge in [-0.1, -0.05) is 39.1 Å². The van der Waals surface area contributed by atoms with Gasteiger partial charge in [0, 0.05) is 16.2 Å². The molecule has 3 aromatic rings. The maximum atomic E-state index is 12.4. The quantitative estimate of drug-likeness (QED) is 0.636. The third-order valence-electron chi connectivity index (χ3n) is 2.87. The van der Waals surface area contributed by atoms with Gasteiger partial charge in [0.2, 0.25) is 0 Å². The Bertz CT molecular complexity index is 1020. The van der Waals surface area contributed by atoms with Crippen LogP contribution < -0.4 is 4.72 Å². The lowest BCUT2D eigenvalue weighted by molar-refractivity contribution is 0.592. The Morgan fingerprint density at radius 3 is 2.65 bits per heavy atom. The first-order valence-corrected chi connectivity index (χ1v) is 9.17. The first-order valence-electron chi connectivity index (χ1n) is 6.14. The molecule has 1 aromatic carbocycles. The van der Waals surface area contributed by atoms with Crippen molar-refractivity contribution in [3.63, 3.8) is 0 Å². The molecule has 7 nitrogen and oxygen atoms in total. The highest BCUT2D eigenvalue weighted by Crippen LogP contribution is 2.22. The summed E-state index contributed by atoms with van der Waals surface area (Å²) in [7, 11) is -3.98. The van der Waals surface area contributed by atoms with Gasteiger partial charge in [-0.05, 0) is 30.7 Å². The van der Waals surface area contributed by atoms with Crippen molar-refractivity contribution in [3.05, 3.63) is 44.6 Å². The molecular weight excluding hydrogens is 429 g/mol. The minimum atomic E-state index is -3.98. The van der Waals surface area contributed by atoms with Crippen LogP contribution in [0.2, 0.25) is 10.3 Å². The van der Waals surface area contributed by atoms with Crippen molar-refractivity contribution in [2.24, 2.45) is 0 Å². The zero-order valence-electron chi connectivity index (χ0n) is 11.5. The average molecular weight is 437 g/mol. The maximum absolute atomic E-state index is 12.4. The molecule has 0 spiro atoms. The van der Waals surface area contributed by atoms with Gasteiger partial charge in [0.15, 0.2) is 0 Å². The predicted octanol–water partition coefficient (Wildman–Crippen LogP) is 3.30. The summed E-state index contributed by atoms with van der Waals surface area (Å²) in [5, 5.41) is 3.60. The first-order chi connectivity index (χ1) is 10.8. The second-order valence-electron chi connectivity index (χ2n) is 4.58. The smallest absolute Gasteiger partial charge is 0.277 e. The second-order valence-corrected chi connectivity index (χ2v) is 7.78. The van der Waals surface area contributed by atoms with Crippen LogP contribution >= 0.6 is 39.1 Å². The molecule has 0 aliphatic rings.